The smallest absolute Gasteiger partial charge is 0.194 e. The second-order valence-corrected chi connectivity index (χ2v) is 4.97. The van der Waals surface area contributed by atoms with Crippen molar-refractivity contribution in [2.75, 3.05) is 14.2 Å². The molecule has 0 fully saturated rings. The fourth-order valence-electron chi connectivity index (χ4n) is 2.70. The minimum atomic E-state index is 0.0651. The Labute approximate surface area is 123 Å². The number of ether oxygens (including phenoxy) is 2. The minimum absolute atomic E-state index is 0.0651. The average molecular weight is 280 g/mol. The number of Topliss-reactive ketones (excluding diaryl/α,β-unsaturated/α-hetero) is 1. The van der Waals surface area contributed by atoms with E-state index in [1.165, 1.54) is 0 Å². The lowest BCUT2D eigenvalue weighted by atomic mass is 10.0. The number of allylic oxidation sites excluding steroid dienone is 2. The molecule has 0 spiro atoms. The van der Waals surface area contributed by atoms with Gasteiger partial charge in [-0.05, 0) is 54.0 Å². The van der Waals surface area contributed by atoms with Crippen molar-refractivity contribution >= 4 is 16.9 Å². The van der Waals surface area contributed by atoms with E-state index in [9.17, 15) is 4.79 Å². The first-order valence-corrected chi connectivity index (χ1v) is 6.74. The summed E-state index contributed by atoms with van der Waals surface area (Å²) in [6.45, 7) is 1.97. The Bertz CT molecular complexity index is 740. The Morgan fingerprint density at radius 3 is 2.05 bits per heavy atom. The molecule has 3 heteroatoms. The maximum atomic E-state index is 12.6. The highest BCUT2D eigenvalue weighted by molar-refractivity contribution is 6.39. The minimum Gasteiger partial charge on any atom is -0.497 e. The zero-order valence-corrected chi connectivity index (χ0v) is 12.3. The SMILES string of the molecule is COc1ccc(C2=C(C)c3cc(OC)ccc3C2=O)cc1. The maximum absolute atomic E-state index is 12.6. The number of carbonyl (C=O) groups is 1. The predicted octanol–water partition coefficient (Wildman–Crippen LogP) is 3.83. The van der Waals surface area contributed by atoms with Gasteiger partial charge >= 0.3 is 0 Å². The van der Waals surface area contributed by atoms with Gasteiger partial charge in [0.2, 0.25) is 0 Å². The van der Waals surface area contributed by atoms with Crippen LogP contribution < -0.4 is 9.47 Å². The summed E-state index contributed by atoms with van der Waals surface area (Å²) in [5, 5.41) is 0. The van der Waals surface area contributed by atoms with Crippen LogP contribution >= 0.6 is 0 Å². The zero-order valence-electron chi connectivity index (χ0n) is 12.3. The highest BCUT2D eigenvalue weighted by Gasteiger charge is 2.28. The second kappa shape index (κ2) is 5.09. The third-order valence-electron chi connectivity index (χ3n) is 3.86. The lowest BCUT2D eigenvalue weighted by Gasteiger charge is -2.05. The summed E-state index contributed by atoms with van der Waals surface area (Å²) in [5.41, 5.74) is 4.33. The van der Waals surface area contributed by atoms with Crippen molar-refractivity contribution in [2.24, 2.45) is 0 Å². The van der Waals surface area contributed by atoms with Crippen molar-refractivity contribution in [3.8, 4) is 11.5 Å². The Kier molecular flexibility index (Phi) is 3.26. The lowest BCUT2D eigenvalue weighted by Crippen LogP contribution is -1.98. The average Bonchev–Trinajstić information content (AvgIpc) is 2.78. The molecule has 0 saturated carbocycles. The predicted molar refractivity (Wildman–Crippen MR) is 82.8 cm³/mol. The van der Waals surface area contributed by atoms with Crippen LogP contribution in [0.4, 0.5) is 0 Å². The number of hydrogen-bond donors (Lipinski definition) is 0. The molecule has 2 aromatic rings. The Morgan fingerprint density at radius 1 is 0.810 bits per heavy atom. The molecule has 0 N–H and O–H groups in total. The molecule has 0 atom stereocenters. The van der Waals surface area contributed by atoms with Gasteiger partial charge < -0.3 is 9.47 Å². The van der Waals surface area contributed by atoms with Crippen LogP contribution in [0.1, 0.15) is 28.4 Å². The first-order chi connectivity index (χ1) is 10.2. The highest BCUT2D eigenvalue weighted by atomic mass is 16.5. The quantitative estimate of drug-likeness (QED) is 0.857. The number of rotatable bonds is 3. The molecule has 21 heavy (non-hydrogen) atoms. The van der Waals surface area contributed by atoms with Gasteiger partial charge in [0.15, 0.2) is 5.78 Å². The third kappa shape index (κ3) is 2.11. The van der Waals surface area contributed by atoms with Crippen molar-refractivity contribution in [1.29, 1.82) is 0 Å². The molecule has 0 heterocycles. The molecule has 0 saturated heterocycles. The van der Waals surface area contributed by atoms with Gasteiger partial charge in [-0.15, -0.1) is 0 Å². The number of ketones is 1. The largest absolute Gasteiger partial charge is 0.497 e. The molecule has 3 nitrogen and oxygen atoms in total. The summed E-state index contributed by atoms with van der Waals surface area (Å²) in [7, 11) is 3.25. The summed E-state index contributed by atoms with van der Waals surface area (Å²) in [5.74, 6) is 1.61. The molecule has 3 rings (SSSR count). The van der Waals surface area contributed by atoms with Gasteiger partial charge in [-0.1, -0.05) is 12.1 Å². The Balaban J connectivity index is 2.10. The summed E-state index contributed by atoms with van der Waals surface area (Å²) in [6, 6.07) is 13.1. The van der Waals surface area contributed by atoms with Gasteiger partial charge in [0.25, 0.3) is 0 Å². The number of fused-ring (bicyclic) bond motifs is 1. The van der Waals surface area contributed by atoms with Crippen LogP contribution in [0, 0.1) is 0 Å². The zero-order chi connectivity index (χ0) is 15.0. The third-order valence-corrected chi connectivity index (χ3v) is 3.86. The topological polar surface area (TPSA) is 35.5 Å². The van der Waals surface area contributed by atoms with Crippen LogP contribution in [0.3, 0.4) is 0 Å². The van der Waals surface area contributed by atoms with Crippen LogP contribution in [0.15, 0.2) is 42.5 Å². The van der Waals surface area contributed by atoms with Gasteiger partial charge in [0, 0.05) is 11.1 Å². The fraction of sp³-hybridized carbons (Fsp3) is 0.167. The van der Waals surface area contributed by atoms with Crippen molar-refractivity contribution in [2.45, 2.75) is 6.92 Å². The molecule has 0 aliphatic heterocycles. The van der Waals surface area contributed by atoms with Crippen LogP contribution in [0.5, 0.6) is 11.5 Å². The van der Waals surface area contributed by atoms with Crippen LogP contribution in [0.25, 0.3) is 11.1 Å². The molecular formula is C18H16O3. The number of benzene rings is 2. The van der Waals surface area contributed by atoms with Gasteiger partial charge in [-0.3, -0.25) is 4.79 Å². The Morgan fingerprint density at radius 2 is 1.43 bits per heavy atom. The van der Waals surface area contributed by atoms with Crippen LogP contribution in [-0.4, -0.2) is 20.0 Å². The van der Waals surface area contributed by atoms with E-state index in [1.54, 1.807) is 14.2 Å². The lowest BCUT2D eigenvalue weighted by molar-refractivity contribution is 0.105. The fourth-order valence-corrected chi connectivity index (χ4v) is 2.70. The van der Waals surface area contributed by atoms with Gasteiger partial charge in [-0.2, -0.15) is 0 Å². The number of methoxy groups -OCH3 is 2. The molecule has 0 aromatic heterocycles. The van der Waals surface area contributed by atoms with E-state index in [1.807, 2.05) is 49.4 Å². The second-order valence-electron chi connectivity index (χ2n) is 4.97. The molecule has 0 bridgehead atoms. The van der Waals surface area contributed by atoms with Crippen molar-refractivity contribution in [3.05, 3.63) is 59.2 Å². The molecule has 106 valence electrons. The van der Waals surface area contributed by atoms with Crippen molar-refractivity contribution in [1.82, 2.24) is 0 Å². The van der Waals surface area contributed by atoms with Crippen molar-refractivity contribution in [3.63, 3.8) is 0 Å². The van der Waals surface area contributed by atoms with Gasteiger partial charge in [0.05, 0.1) is 14.2 Å². The van der Waals surface area contributed by atoms with E-state index >= 15 is 0 Å². The van der Waals surface area contributed by atoms with E-state index in [0.717, 1.165) is 39.3 Å². The molecule has 0 radical (unpaired) electrons. The summed E-state index contributed by atoms with van der Waals surface area (Å²) < 4.78 is 10.4. The molecule has 2 aromatic carbocycles. The summed E-state index contributed by atoms with van der Waals surface area (Å²) in [6.07, 6.45) is 0. The van der Waals surface area contributed by atoms with E-state index in [2.05, 4.69) is 0 Å². The monoisotopic (exact) mass is 280 g/mol. The molecule has 0 amide bonds. The Hall–Kier alpha value is -2.55. The molecule has 0 unspecified atom stereocenters. The van der Waals surface area contributed by atoms with E-state index in [4.69, 9.17) is 9.47 Å². The summed E-state index contributed by atoms with van der Waals surface area (Å²) >= 11 is 0. The summed E-state index contributed by atoms with van der Waals surface area (Å²) in [4.78, 5) is 12.6. The van der Waals surface area contributed by atoms with Gasteiger partial charge in [0.1, 0.15) is 11.5 Å². The first-order valence-electron chi connectivity index (χ1n) is 6.74. The van der Waals surface area contributed by atoms with E-state index in [0.29, 0.717) is 0 Å². The van der Waals surface area contributed by atoms with Crippen LogP contribution in [-0.2, 0) is 0 Å². The van der Waals surface area contributed by atoms with Crippen LogP contribution in [0.2, 0.25) is 0 Å². The van der Waals surface area contributed by atoms with Gasteiger partial charge in [-0.25, -0.2) is 0 Å². The highest BCUT2D eigenvalue weighted by Crippen LogP contribution is 2.39. The maximum Gasteiger partial charge on any atom is 0.194 e. The number of carbonyl (C=O) groups excluding carboxylic acids is 1. The molecule has 1 aliphatic carbocycles. The normalized spacial score (nSPS) is 13.4. The van der Waals surface area contributed by atoms with E-state index < -0.39 is 0 Å². The number of hydrogen-bond acceptors (Lipinski definition) is 3. The standard InChI is InChI=1S/C18H16O3/c1-11-16-10-14(21-3)8-9-15(16)18(19)17(11)12-4-6-13(20-2)7-5-12/h4-10H,1-3H3. The molecular weight excluding hydrogens is 264 g/mol. The molecule has 1 aliphatic rings. The van der Waals surface area contributed by atoms with Crippen molar-refractivity contribution < 1.29 is 14.3 Å². The van der Waals surface area contributed by atoms with E-state index in [-0.39, 0.29) is 5.78 Å². The first kappa shape index (κ1) is 13.4.